The molecule has 0 saturated heterocycles. The van der Waals surface area contributed by atoms with Crippen molar-refractivity contribution in [2.45, 2.75) is 19.4 Å². The molecule has 4 aromatic rings. The average molecular weight is 596 g/mol. The monoisotopic (exact) mass is 595 g/mol. The second-order valence-corrected chi connectivity index (χ2v) is 10.6. The van der Waals surface area contributed by atoms with E-state index in [0.717, 1.165) is 21.9 Å². The fourth-order valence-electron chi connectivity index (χ4n) is 5.64. The van der Waals surface area contributed by atoms with Crippen LogP contribution in [0.3, 0.4) is 0 Å². The van der Waals surface area contributed by atoms with Crippen molar-refractivity contribution < 1.29 is 23.8 Å². The molecular formula is C33H26BrNO5. The maximum absolute atomic E-state index is 13.7. The maximum Gasteiger partial charge on any atom is 0.336 e. The predicted molar refractivity (Wildman–Crippen MR) is 157 cm³/mol. The van der Waals surface area contributed by atoms with E-state index in [1.165, 1.54) is 7.11 Å². The molecule has 1 heterocycles. The van der Waals surface area contributed by atoms with E-state index < -0.39 is 11.9 Å². The fourth-order valence-corrected chi connectivity index (χ4v) is 6.19. The Balaban J connectivity index is 1.43. The summed E-state index contributed by atoms with van der Waals surface area (Å²) in [5.41, 5.74) is 5.36. The highest BCUT2D eigenvalue weighted by molar-refractivity contribution is 9.10. The van der Waals surface area contributed by atoms with Crippen LogP contribution in [0.2, 0.25) is 0 Å². The Hall–Kier alpha value is -4.36. The highest BCUT2D eigenvalue weighted by Crippen LogP contribution is 2.50. The number of halogens is 1. The Morgan fingerprint density at radius 1 is 0.925 bits per heavy atom. The lowest BCUT2D eigenvalue weighted by Crippen LogP contribution is -2.29. The zero-order chi connectivity index (χ0) is 28.0. The van der Waals surface area contributed by atoms with Crippen LogP contribution in [0.25, 0.3) is 16.5 Å². The quantitative estimate of drug-likeness (QED) is 0.244. The molecule has 0 unspecified atom stereocenters. The number of benzene rings is 4. The van der Waals surface area contributed by atoms with Crippen LogP contribution >= 0.6 is 15.9 Å². The highest BCUT2D eigenvalue weighted by Gasteiger charge is 2.43. The zero-order valence-electron chi connectivity index (χ0n) is 22.2. The number of esters is 1. The minimum atomic E-state index is -0.681. The van der Waals surface area contributed by atoms with Gasteiger partial charge in [0.2, 0.25) is 0 Å². The topological polar surface area (TPSA) is 73.9 Å². The molecule has 1 N–H and O–H groups in total. The summed E-state index contributed by atoms with van der Waals surface area (Å²) < 4.78 is 17.9. The number of fused-ring (bicyclic) bond motifs is 3. The summed E-state index contributed by atoms with van der Waals surface area (Å²) in [6, 6.07) is 25.4. The molecule has 4 aromatic carbocycles. The molecule has 2 aliphatic rings. The summed E-state index contributed by atoms with van der Waals surface area (Å²) in [6.07, 6.45) is 0. The van der Waals surface area contributed by atoms with Gasteiger partial charge in [0, 0.05) is 26.9 Å². The van der Waals surface area contributed by atoms with Crippen molar-refractivity contribution >= 4 is 44.2 Å². The second kappa shape index (κ2) is 10.3. The van der Waals surface area contributed by atoms with Gasteiger partial charge < -0.3 is 19.5 Å². The molecule has 0 amide bonds. The minimum Gasteiger partial charge on any atom is -0.493 e. The Kier molecular flexibility index (Phi) is 6.68. The number of nitrogens with one attached hydrogen (secondary N) is 1. The van der Waals surface area contributed by atoms with Gasteiger partial charge in [0.15, 0.2) is 17.3 Å². The number of hydrogen-bond acceptors (Lipinski definition) is 6. The third-order valence-electron chi connectivity index (χ3n) is 7.51. The van der Waals surface area contributed by atoms with E-state index in [2.05, 4.69) is 39.4 Å². The van der Waals surface area contributed by atoms with Crippen LogP contribution in [0.5, 0.6) is 11.5 Å². The van der Waals surface area contributed by atoms with Crippen molar-refractivity contribution in [2.75, 3.05) is 14.2 Å². The van der Waals surface area contributed by atoms with Crippen molar-refractivity contribution in [1.82, 2.24) is 5.32 Å². The lowest BCUT2D eigenvalue weighted by Gasteiger charge is -2.30. The van der Waals surface area contributed by atoms with Gasteiger partial charge in [-0.15, -0.1) is 0 Å². The molecular weight excluding hydrogens is 570 g/mol. The first kappa shape index (κ1) is 25.9. The van der Waals surface area contributed by atoms with Gasteiger partial charge in [-0.2, -0.15) is 0 Å². The Morgan fingerprint density at radius 2 is 1.65 bits per heavy atom. The van der Waals surface area contributed by atoms with E-state index in [1.807, 2.05) is 67.6 Å². The number of dihydropyridines is 1. The SMILES string of the molecule is COC(=O)C1=C(C)NC2=C(C(=O)c3ccccc32)[C@H]1c1cc(OC)c(OCc2cccc3ccccc23)cc1Br. The molecule has 0 bridgehead atoms. The third-order valence-corrected chi connectivity index (χ3v) is 8.20. The molecule has 6 rings (SSSR count). The summed E-state index contributed by atoms with van der Waals surface area (Å²) in [5.74, 6) is -0.287. The standard InChI is InChI=1S/C33H26BrNO5/c1-18-28(33(37)39-3)29(30-31(35-18)22-13-6-7-14-23(22)32(30)36)24-15-26(38-2)27(16-25(24)34)40-17-20-11-8-10-19-9-4-5-12-21(19)20/h4-16,29,35H,17H2,1-3H3/t29-/m0/s1. The number of carbonyl (C=O) groups excluding carboxylic acids is 2. The van der Waals surface area contributed by atoms with Gasteiger partial charge >= 0.3 is 5.97 Å². The number of rotatable bonds is 6. The number of hydrogen-bond donors (Lipinski definition) is 1. The molecule has 1 aliphatic carbocycles. The molecule has 1 atom stereocenters. The van der Waals surface area contributed by atoms with Gasteiger partial charge in [-0.1, -0.05) is 82.7 Å². The predicted octanol–water partition coefficient (Wildman–Crippen LogP) is 6.93. The van der Waals surface area contributed by atoms with E-state index >= 15 is 0 Å². The first-order chi connectivity index (χ1) is 19.4. The molecule has 0 aromatic heterocycles. The smallest absolute Gasteiger partial charge is 0.336 e. The molecule has 0 saturated carbocycles. The van der Waals surface area contributed by atoms with E-state index in [-0.39, 0.29) is 5.78 Å². The van der Waals surface area contributed by atoms with Crippen LogP contribution in [0, 0.1) is 0 Å². The lowest BCUT2D eigenvalue weighted by molar-refractivity contribution is -0.136. The molecule has 0 radical (unpaired) electrons. The largest absolute Gasteiger partial charge is 0.493 e. The van der Waals surface area contributed by atoms with Crippen molar-refractivity contribution in [3.8, 4) is 11.5 Å². The minimum absolute atomic E-state index is 0.126. The van der Waals surface area contributed by atoms with Gasteiger partial charge in [-0.3, -0.25) is 4.79 Å². The van der Waals surface area contributed by atoms with Crippen LogP contribution in [-0.4, -0.2) is 26.0 Å². The van der Waals surface area contributed by atoms with Crippen LogP contribution in [0.4, 0.5) is 0 Å². The second-order valence-electron chi connectivity index (χ2n) is 9.70. The Morgan fingerprint density at radius 3 is 2.42 bits per heavy atom. The molecule has 0 fully saturated rings. The number of methoxy groups -OCH3 is 2. The Labute approximate surface area is 240 Å². The van der Waals surface area contributed by atoms with Crippen LogP contribution in [0.1, 0.15) is 39.9 Å². The van der Waals surface area contributed by atoms with Crippen LogP contribution in [0.15, 0.2) is 100 Å². The summed E-state index contributed by atoms with van der Waals surface area (Å²) >= 11 is 3.72. The normalized spacial score (nSPS) is 16.0. The number of ketones is 1. The summed E-state index contributed by atoms with van der Waals surface area (Å²) in [7, 11) is 2.92. The molecule has 1 aliphatic heterocycles. The summed E-state index contributed by atoms with van der Waals surface area (Å²) in [4.78, 5) is 26.8. The van der Waals surface area contributed by atoms with Crippen molar-refractivity contribution in [3.05, 3.63) is 122 Å². The Bertz CT molecular complexity index is 1760. The van der Waals surface area contributed by atoms with Gasteiger partial charge in [-0.25, -0.2) is 4.79 Å². The van der Waals surface area contributed by atoms with Gasteiger partial charge in [0.05, 0.1) is 31.4 Å². The number of carbonyl (C=O) groups is 2. The molecule has 200 valence electrons. The summed E-state index contributed by atoms with van der Waals surface area (Å²) in [6.45, 7) is 2.16. The van der Waals surface area contributed by atoms with E-state index in [0.29, 0.717) is 56.2 Å². The first-order valence-electron chi connectivity index (χ1n) is 12.8. The van der Waals surface area contributed by atoms with Crippen LogP contribution in [-0.2, 0) is 16.1 Å². The fraction of sp³-hybridized carbons (Fsp3) is 0.152. The summed E-state index contributed by atoms with van der Waals surface area (Å²) in [5, 5.41) is 5.57. The molecule has 0 spiro atoms. The highest BCUT2D eigenvalue weighted by atomic mass is 79.9. The van der Waals surface area contributed by atoms with E-state index in [4.69, 9.17) is 14.2 Å². The van der Waals surface area contributed by atoms with Crippen molar-refractivity contribution in [1.29, 1.82) is 0 Å². The van der Waals surface area contributed by atoms with Crippen LogP contribution < -0.4 is 14.8 Å². The third kappa shape index (κ3) is 4.18. The molecule has 6 nitrogen and oxygen atoms in total. The first-order valence-corrected chi connectivity index (χ1v) is 13.6. The average Bonchev–Trinajstić information content (AvgIpc) is 3.26. The van der Waals surface area contributed by atoms with Crippen molar-refractivity contribution in [3.63, 3.8) is 0 Å². The number of allylic oxidation sites excluding steroid dienone is 2. The van der Waals surface area contributed by atoms with E-state index in [1.54, 1.807) is 7.11 Å². The number of ether oxygens (including phenoxy) is 3. The zero-order valence-corrected chi connectivity index (χ0v) is 23.8. The van der Waals surface area contributed by atoms with Gasteiger partial charge in [0.25, 0.3) is 0 Å². The van der Waals surface area contributed by atoms with Gasteiger partial charge in [0.1, 0.15) is 6.61 Å². The molecule has 40 heavy (non-hydrogen) atoms. The van der Waals surface area contributed by atoms with Crippen molar-refractivity contribution in [2.24, 2.45) is 0 Å². The van der Waals surface area contributed by atoms with Gasteiger partial charge in [-0.05, 0) is 41.0 Å². The lowest BCUT2D eigenvalue weighted by atomic mass is 9.79. The maximum atomic E-state index is 13.7. The van der Waals surface area contributed by atoms with E-state index in [9.17, 15) is 9.59 Å². The molecule has 7 heteroatoms. The number of Topliss-reactive ketones (excluding diaryl/α,β-unsaturated/α-hetero) is 1.